The second-order valence-corrected chi connectivity index (χ2v) is 6.70. The van der Waals surface area contributed by atoms with Crippen molar-refractivity contribution in [3.05, 3.63) is 94.4 Å². The minimum absolute atomic E-state index is 0.182. The first-order valence-corrected chi connectivity index (χ1v) is 9.36. The molecular weight excluding hydrogens is 366 g/mol. The van der Waals surface area contributed by atoms with Crippen molar-refractivity contribution in [1.29, 1.82) is 0 Å². The highest BCUT2D eigenvalue weighted by atomic mass is 16.5. The van der Waals surface area contributed by atoms with E-state index in [9.17, 15) is 9.59 Å². The highest BCUT2D eigenvalue weighted by molar-refractivity contribution is 6.06. The Morgan fingerprint density at radius 2 is 1.79 bits per heavy atom. The van der Waals surface area contributed by atoms with Gasteiger partial charge in [-0.15, -0.1) is 0 Å². The van der Waals surface area contributed by atoms with Crippen molar-refractivity contribution < 1.29 is 9.53 Å². The van der Waals surface area contributed by atoms with Crippen molar-refractivity contribution in [3.63, 3.8) is 0 Å². The van der Waals surface area contributed by atoms with Crippen LogP contribution in [0.3, 0.4) is 0 Å². The maximum absolute atomic E-state index is 12.7. The van der Waals surface area contributed by atoms with Crippen molar-refractivity contribution in [1.82, 2.24) is 9.55 Å². The molecule has 6 nitrogen and oxygen atoms in total. The number of hydrogen-bond donors (Lipinski definition) is 2. The quantitative estimate of drug-likeness (QED) is 0.528. The summed E-state index contributed by atoms with van der Waals surface area (Å²) >= 11 is 0. The summed E-state index contributed by atoms with van der Waals surface area (Å²) in [7, 11) is 1.56. The number of aryl methyl sites for hydroxylation is 2. The van der Waals surface area contributed by atoms with Gasteiger partial charge in [0, 0.05) is 12.1 Å². The van der Waals surface area contributed by atoms with Crippen LogP contribution in [0.1, 0.15) is 15.9 Å². The number of anilines is 1. The summed E-state index contributed by atoms with van der Waals surface area (Å²) in [6.07, 6.45) is 0.754. The Kier molecular flexibility index (Phi) is 5.16. The molecule has 6 heteroatoms. The molecule has 0 fully saturated rings. The number of ether oxygens (including phenoxy) is 1. The molecule has 1 aromatic heterocycles. The number of carbonyl (C=O) groups is 1. The Labute approximate surface area is 167 Å². The van der Waals surface area contributed by atoms with Gasteiger partial charge in [0.1, 0.15) is 5.75 Å². The lowest BCUT2D eigenvalue weighted by Crippen LogP contribution is -2.17. The third-order valence-electron chi connectivity index (χ3n) is 4.86. The summed E-state index contributed by atoms with van der Waals surface area (Å²) in [5.74, 6) is 0.316. The number of para-hydroxylation sites is 2. The van der Waals surface area contributed by atoms with Gasteiger partial charge < -0.3 is 15.0 Å². The van der Waals surface area contributed by atoms with Crippen LogP contribution in [-0.4, -0.2) is 22.6 Å². The number of aromatic amines is 1. The molecule has 0 aliphatic rings. The molecule has 0 radical (unpaired) electrons. The number of rotatable bonds is 6. The maximum Gasteiger partial charge on any atom is 0.326 e. The summed E-state index contributed by atoms with van der Waals surface area (Å²) in [5.41, 5.74) is 3.45. The van der Waals surface area contributed by atoms with Crippen LogP contribution in [-0.2, 0) is 13.0 Å². The molecule has 29 heavy (non-hydrogen) atoms. The number of nitrogens with zero attached hydrogens (tertiary/aromatic N) is 1. The van der Waals surface area contributed by atoms with Gasteiger partial charge in [-0.1, -0.05) is 42.5 Å². The summed E-state index contributed by atoms with van der Waals surface area (Å²) in [5, 5.41) is 2.85. The number of aromatic nitrogens is 2. The first kappa shape index (κ1) is 18.6. The minimum atomic E-state index is -0.269. The van der Waals surface area contributed by atoms with Gasteiger partial charge in [-0.05, 0) is 42.3 Å². The Morgan fingerprint density at radius 3 is 2.59 bits per heavy atom. The molecule has 0 saturated carbocycles. The van der Waals surface area contributed by atoms with E-state index in [0.717, 1.165) is 11.9 Å². The summed E-state index contributed by atoms with van der Waals surface area (Å²) in [6.45, 7) is 0.565. The van der Waals surface area contributed by atoms with Crippen LogP contribution in [0.25, 0.3) is 11.0 Å². The molecule has 0 aliphatic carbocycles. The average Bonchev–Trinajstić information content (AvgIpc) is 3.07. The van der Waals surface area contributed by atoms with Gasteiger partial charge >= 0.3 is 5.69 Å². The van der Waals surface area contributed by atoms with Crippen LogP contribution in [0.4, 0.5) is 5.69 Å². The molecule has 4 rings (SSSR count). The number of imidazole rings is 1. The highest BCUT2D eigenvalue weighted by Gasteiger charge is 2.13. The standard InChI is InChI=1S/C23H21N3O3/c1-29-21-10-6-5-9-18(21)24-22(27)17-11-12-20-19(15-17)25-23(28)26(20)14-13-16-7-3-2-4-8-16/h2-12,15H,13-14H2,1H3,(H,24,27)(H,25,28). The summed E-state index contributed by atoms with van der Waals surface area (Å²) < 4.78 is 6.97. The van der Waals surface area contributed by atoms with Gasteiger partial charge in [0.05, 0.1) is 23.8 Å². The predicted molar refractivity (Wildman–Crippen MR) is 114 cm³/mol. The topological polar surface area (TPSA) is 76.1 Å². The minimum Gasteiger partial charge on any atom is -0.495 e. The van der Waals surface area contributed by atoms with Crippen molar-refractivity contribution in [2.75, 3.05) is 12.4 Å². The molecule has 0 bridgehead atoms. The largest absolute Gasteiger partial charge is 0.495 e. The van der Waals surface area contributed by atoms with Crippen LogP contribution in [0.15, 0.2) is 77.6 Å². The van der Waals surface area contributed by atoms with E-state index in [4.69, 9.17) is 4.74 Å². The third kappa shape index (κ3) is 3.91. The van der Waals surface area contributed by atoms with E-state index < -0.39 is 0 Å². The maximum atomic E-state index is 12.7. The lowest BCUT2D eigenvalue weighted by Gasteiger charge is -2.10. The number of benzene rings is 3. The first-order chi connectivity index (χ1) is 14.2. The fourth-order valence-electron chi connectivity index (χ4n) is 3.35. The van der Waals surface area contributed by atoms with Crippen LogP contribution in [0.5, 0.6) is 5.75 Å². The lowest BCUT2D eigenvalue weighted by molar-refractivity contribution is 0.102. The molecule has 0 aliphatic heterocycles. The first-order valence-electron chi connectivity index (χ1n) is 9.36. The van der Waals surface area contributed by atoms with Crippen LogP contribution < -0.4 is 15.7 Å². The van der Waals surface area contributed by atoms with Gasteiger partial charge in [0.15, 0.2) is 0 Å². The fraction of sp³-hybridized carbons (Fsp3) is 0.130. The molecule has 0 spiro atoms. The third-order valence-corrected chi connectivity index (χ3v) is 4.86. The molecule has 3 aromatic carbocycles. The number of carbonyl (C=O) groups excluding carboxylic acids is 1. The molecule has 146 valence electrons. The average molecular weight is 387 g/mol. The number of hydrogen-bond acceptors (Lipinski definition) is 3. The SMILES string of the molecule is COc1ccccc1NC(=O)c1ccc2c(c1)[nH]c(=O)n2CCc1ccccc1. The van der Waals surface area contributed by atoms with E-state index in [1.165, 1.54) is 5.56 Å². The van der Waals surface area contributed by atoms with E-state index in [0.29, 0.717) is 29.1 Å². The zero-order chi connectivity index (χ0) is 20.2. The highest BCUT2D eigenvalue weighted by Crippen LogP contribution is 2.24. The second kappa shape index (κ2) is 8.06. The van der Waals surface area contributed by atoms with Gasteiger partial charge in [-0.3, -0.25) is 9.36 Å². The van der Waals surface area contributed by atoms with Crippen LogP contribution >= 0.6 is 0 Å². The van der Waals surface area contributed by atoms with E-state index in [2.05, 4.69) is 10.3 Å². The van der Waals surface area contributed by atoms with E-state index in [-0.39, 0.29) is 11.6 Å². The van der Waals surface area contributed by atoms with Gasteiger partial charge in [-0.25, -0.2) is 4.79 Å². The number of methoxy groups -OCH3 is 1. The zero-order valence-electron chi connectivity index (χ0n) is 16.0. The fourth-order valence-corrected chi connectivity index (χ4v) is 3.35. The van der Waals surface area contributed by atoms with E-state index in [1.54, 1.807) is 42.0 Å². The second-order valence-electron chi connectivity index (χ2n) is 6.70. The van der Waals surface area contributed by atoms with Gasteiger partial charge in [-0.2, -0.15) is 0 Å². The number of H-pyrrole nitrogens is 1. The Hall–Kier alpha value is -3.80. The number of amides is 1. The van der Waals surface area contributed by atoms with E-state index >= 15 is 0 Å². The molecule has 1 heterocycles. The van der Waals surface area contributed by atoms with Crippen molar-refractivity contribution >= 4 is 22.6 Å². The Morgan fingerprint density at radius 1 is 1.03 bits per heavy atom. The number of fused-ring (bicyclic) bond motifs is 1. The van der Waals surface area contributed by atoms with Gasteiger partial charge in [0.25, 0.3) is 5.91 Å². The molecule has 1 amide bonds. The predicted octanol–water partition coefficient (Wildman–Crippen LogP) is 3.83. The van der Waals surface area contributed by atoms with E-state index in [1.807, 2.05) is 42.5 Å². The lowest BCUT2D eigenvalue weighted by atomic mass is 10.1. The smallest absolute Gasteiger partial charge is 0.326 e. The number of nitrogens with one attached hydrogen (secondary N) is 2. The van der Waals surface area contributed by atoms with Crippen LogP contribution in [0, 0.1) is 0 Å². The molecule has 2 N–H and O–H groups in total. The van der Waals surface area contributed by atoms with Crippen molar-refractivity contribution in [3.8, 4) is 5.75 Å². The van der Waals surface area contributed by atoms with Crippen molar-refractivity contribution in [2.45, 2.75) is 13.0 Å². The molecule has 0 saturated heterocycles. The molecule has 4 aromatic rings. The molecule has 0 unspecified atom stereocenters. The van der Waals surface area contributed by atoms with Crippen molar-refractivity contribution in [2.24, 2.45) is 0 Å². The van der Waals surface area contributed by atoms with Crippen LogP contribution in [0.2, 0.25) is 0 Å². The summed E-state index contributed by atoms with van der Waals surface area (Å²) in [4.78, 5) is 27.9. The van der Waals surface area contributed by atoms with Gasteiger partial charge in [0.2, 0.25) is 0 Å². The molecule has 0 atom stereocenters. The molecular formula is C23H21N3O3. The normalized spacial score (nSPS) is 10.8. The Balaban J connectivity index is 1.57. The Bertz CT molecular complexity index is 1210. The monoisotopic (exact) mass is 387 g/mol. The zero-order valence-corrected chi connectivity index (χ0v) is 16.0. The summed E-state index contributed by atoms with van der Waals surface area (Å²) in [6, 6.07) is 22.5.